The number of hydrogen-bond acceptors (Lipinski definition) is 5. The van der Waals surface area contributed by atoms with E-state index in [4.69, 9.17) is 13.6 Å². The number of amides is 1. The van der Waals surface area contributed by atoms with Gasteiger partial charge in [-0.25, -0.2) is 4.79 Å². The normalized spacial score (nSPS) is 12.4. The summed E-state index contributed by atoms with van der Waals surface area (Å²) in [5.41, 5.74) is 0.757. The smallest absolute Gasteiger partial charge is 0.331 e. The number of esters is 1. The molecule has 6 heteroatoms. The molecule has 2 aromatic heterocycles. The number of nitrogens with one attached hydrogen (secondary N) is 1. The quantitative estimate of drug-likeness (QED) is 0.549. The third-order valence-corrected chi connectivity index (χ3v) is 3.52. The van der Waals surface area contributed by atoms with Crippen LogP contribution in [0.1, 0.15) is 24.5 Å². The van der Waals surface area contributed by atoms with Crippen molar-refractivity contribution in [3.8, 4) is 0 Å². The van der Waals surface area contributed by atoms with E-state index in [1.54, 1.807) is 19.1 Å². The van der Waals surface area contributed by atoms with Crippen LogP contribution in [-0.4, -0.2) is 18.5 Å². The lowest BCUT2D eigenvalue weighted by molar-refractivity contribution is -0.144. The van der Waals surface area contributed by atoms with Gasteiger partial charge in [0, 0.05) is 11.5 Å². The Morgan fingerprint density at radius 1 is 1.24 bits per heavy atom. The minimum absolute atomic E-state index is 0.336. The van der Waals surface area contributed by atoms with Gasteiger partial charge in [0.2, 0.25) is 0 Å². The highest BCUT2D eigenvalue weighted by atomic mass is 16.5. The fraction of sp³-hybridized carbons (Fsp3) is 0.158. The summed E-state index contributed by atoms with van der Waals surface area (Å²) >= 11 is 0. The summed E-state index contributed by atoms with van der Waals surface area (Å²) in [7, 11) is 0. The SMILES string of the molecule is C[C@H](NC(=O)COC(=O)/C=C/c1ccco1)c1cc2ccccc2o1. The average Bonchev–Trinajstić information content (AvgIpc) is 3.27. The van der Waals surface area contributed by atoms with E-state index in [-0.39, 0.29) is 12.6 Å². The molecule has 0 unspecified atom stereocenters. The van der Waals surface area contributed by atoms with Gasteiger partial charge in [-0.3, -0.25) is 4.79 Å². The summed E-state index contributed by atoms with van der Waals surface area (Å²) < 4.78 is 15.6. The van der Waals surface area contributed by atoms with E-state index in [0.29, 0.717) is 11.5 Å². The standard InChI is InChI=1S/C19H17NO5/c1-13(17-11-14-5-2-3-7-16(14)25-17)20-18(21)12-24-19(22)9-8-15-6-4-10-23-15/h2-11,13H,12H2,1H3,(H,20,21)/b9-8+/t13-/m0/s1. The number of carbonyl (C=O) groups is 2. The molecule has 1 atom stereocenters. The van der Waals surface area contributed by atoms with Crippen molar-refractivity contribution in [2.24, 2.45) is 0 Å². The van der Waals surface area contributed by atoms with Gasteiger partial charge < -0.3 is 18.9 Å². The van der Waals surface area contributed by atoms with Crippen molar-refractivity contribution >= 4 is 28.9 Å². The third-order valence-electron chi connectivity index (χ3n) is 3.52. The molecule has 1 amide bonds. The van der Waals surface area contributed by atoms with Crippen molar-refractivity contribution in [3.63, 3.8) is 0 Å². The Balaban J connectivity index is 1.49. The van der Waals surface area contributed by atoms with Crippen molar-refractivity contribution in [2.45, 2.75) is 13.0 Å². The van der Waals surface area contributed by atoms with Crippen LogP contribution in [0.25, 0.3) is 17.0 Å². The molecule has 0 bridgehead atoms. The molecule has 0 radical (unpaired) electrons. The highest BCUT2D eigenvalue weighted by Crippen LogP contribution is 2.23. The third kappa shape index (κ3) is 4.38. The van der Waals surface area contributed by atoms with Gasteiger partial charge >= 0.3 is 5.97 Å². The van der Waals surface area contributed by atoms with Crippen LogP contribution in [-0.2, 0) is 14.3 Å². The Morgan fingerprint density at radius 2 is 2.08 bits per heavy atom. The van der Waals surface area contributed by atoms with Crippen LogP contribution in [0, 0.1) is 0 Å². The van der Waals surface area contributed by atoms with Crippen LogP contribution in [0.3, 0.4) is 0 Å². The Hall–Kier alpha value is -3.28. The highest BCUT2D eigenvalue weighted by Gasteiger charge is 2.15. The van der Waals surface area contributed by atoms with Crippen molar-refractivity contribution in [1.82, 2.24) is 5.32 Å². The topological polar surface area (TPSA) is 81.7 Å². The van der Waals surface area contributed by atoms with Gasteiger partial charge in [-0.2, -0.15) is 0 Å². The van der Waals surface area contributed by atoms with Gasteiger partial charge in [0.05, 0.1) is 12.3 Å². The number of ether oxygens (including phenoxy) is 1. The molecule has 0 aliphatic carbocycles. The minimum atomic E-state index is -0.622. The van der Waals surface area contributed by atoms with E-state index in [1.165, 1.54) is 18.4 Å². The first-order chi connectivity index (χ1) is 12.1. The summed E-state index contributed by atoms with van der Waals surface area (Å²) in [4.78, 5) is 23.5. The fourth-order valence-electron chi connectivity index (χ4n) is 2.29. The molecular formula is C19H17NO5. The van der Waals surface area contributed by atoms with E-state index in [9.17, 15) is 9.59 Å². The van der Waals surface area contributed by atoms with E-state index >= 15 is 0 Å². The zero-order valence-electron chi connectivity index (χ0n) is 13.6. The lowest BCUT2D eigenvalue weighted by Gasteiger charge is -2.11. The number of hydrogen-bond donors (Lipinski definition) is 1. The molecule has 6 nitrogen and oxygen atoms in total. The molecular weight excluding hydrogens is 322 g/mol. The number of rotatable bonds is 6. The maximum absolute atomic E-state index is 11.9. The lowest BCUT2D eigenvalue weighted by Crippen LogP contribution is -2.30. The van der Waals surface area contributed by atoms with Gasteiger partial charge in [-0.15, -0.1) is 0 Å². The lowest BCUT2D eigenvalue weighted by atomic mass is 10.2. The first kappa shape index (κ1) is 16.6. The Labute approximate surface area is 144 Å². The summed E-state index contributed by atoms with van der Waals surface area (Å²) in [5, 5.41) is 3.70. The van der Waals surface area contributed by atoms with Crippen molar-refractivity contribution in [1.29, 1.82) is 0 Å². The molecule has 3 aromatic rings. The van der Waals surface area contributed by atoms with E-state index < -0.39 is 11.9 Å². The molecule has 25 heavy (non-hydrogen) atoms. The maximum atomic E-state index is 11.9. The molecule has 0 spiro atoms. The van der Waals surface area contributed by atoms with Crippen molar-refractivity contribution in [3.05, 3.63) is 66.3 Å². The van der Waals surface area contributed by atoms with Crippen molar-refractivity contribution in [2.75, 3.05) is 6.61 Å². The molecule has 1 N–H and O–H groups in total. The number of benzene rings is 1. The van der Waals surface area contributed by atoms with Crippen LogP contribution in [0.5, 0.6) is 0 Å². The maximum Gasteiger partial charge on any atom is 0.331 e. The average molecular weight is 339 g/mol. The predicted molar refractivity (Wildman–Crippen MR) is 91.5 cm³/mol. The Kier molecular flexibility index (Phi) is 4.99. The van der Waals surface area contributed by atoms with E-state index in [0.717, 1.165) is 11.0 Å². The zero-order valence-corrected chi connectivity index (χ0v) is 13.6. The largest absolute Gasteiger partial charge is 0.465 e. The molecule has 0 aliphatic rings. The van der Waals surface area contributed by atoms with Gasteiger partial charge in [0.25, 0.3) is 5.91 Å². The molecule has 0 saturated heterocycles. The van der Waals surface area contributed by atoms with Gasteiger partial charge in [0.15, 0.2) is 6.61 Å². The van der Waals surface area contributed by atoms with Gasteiger partial charge in [-0.05, 0) is 37.3 Å². The van der Waals surface area contributed by atoms with Crippen LogP contribution >= 0.6 is 0 Å². The number of carbonyl (C=O) groups excluding carboxylic acids is 2. The van der Waals surface area contributed by atoms with Gasteiger partial charge in [-0.1, -0.05) is 18.2 Å². The molecule has 128 valence electrons. The second-order valence-electron chi connectivity index (χ2n) is 5.43. The molecule has 3 rings (SSSR count). The van der Waals surface area contributed by atoms with Crippen LogP contribution < -0.4 is 5.32 Å². The van der Waals surface area contributed by atoms with Crippen LogP contribution in [0.2, 0.25) is 0 Å². The number of fused-ring (bicyclic) bond motifs is 1. The summed E-state index contributed by atoms with van der Waals surface area (Å²) in [6, 6.07) is 12.5. The zero-order chi connectivity index (χ0) is 17.6. The second-order valence-corrected chi connectivity index (χ2v) is 5.43. The number of furan rings is 2. The first-order valence-electron chi connectivity index (χ1n) is 7.78. The monoisotopic (exact) mass is 339 g/mol. The number of para-hydroxylation sites is 1. The summed E-state index contributed by atoms with van der Waals surface area (Å²) in [6.45, 7) is 1.43. The Bertz CT molecular complexity index is 859. The molecule has 0 aliphatic heterocycles. The summed E-state index contributed by atoms with van der Waals surface area (Å²) in [5.74, 6) is 0.133. The fourth-order valence-corrected chi connectivity index (χ4v) is 2.29. The molecule has 0 saturated carbocycles. The molecule has 1 aromatic carbocycles. The Morgan fingerprint density at radius 3 is 2.84 bits per heavy atom. The minimum Gasteiger partial charge on any atom is -0.465 e. The predicted octanol–water partition coefficient (Wildman–Crippen LogP) is 3.46. The van der Waals surface area contributed by atoms with E-state index in [2.05, 4.69) is 5.32 Å². The van der Waals surface area contributed by atoms with Gasteiger partial charge in [0.1, 0.15) is 17.1 Å². The second kappa shape index (κ2) is 7.53. The van der Waals surface area contributed by atoms with Crippen LogP contribution in [0.15, 0.2) is 63.6 Å². The van der Waals surface area contributed by atoms with Crippen LogP contribution in [0.4, 0.5) is 0 Å². The highest BCUT2D eigenvalue weighted by molar-refractivity contribution is 5.89. The molecule has 2 heterocycles. The molecule has 0 fully saturated rings. The van der Waals surface area contributed by atoms with E-state index in [1.807, 2.05) is 30.3 Å². The summed E-state index contributed by atoms with van der Waals surface area (Å²) in [6.07, 6.45) is 4.17. The van der Waals surface area contributed by atoms with Crippen molar-refractivity contribution < 1.29 is 23.2 Å². The first-order valence-corrected chi connectivity index (χ1v) is 7.78.